The van der Waals surface area contributed by atoms with Crippen molar-refractivity contribution in [2.75, 3.05) is 13.2 Å². The molecule has 3 aliphatic rings. The molecule has 0 spiro atoms. The normalized spacial score (nSPS) is 40.4. The Morgan fingerprint density at radius 3 is 2.70 bits per heavy atom. The van der Waals surface area contributed by atoms with E-state index in [9.17, 15) is 19.8 Å². The predicted octanol–water partition coefficient (Wildman–Crippen LogP) is 3.17. The Morgan fingerprint density at radius 2 is 2.07 bits per heavy atom. The number of esters is 2. The maximum atomic E-state index is 12.3. The van der Waals surface area contributed by atoms with E-state index in [2.05, 4.69) is 13.5 Å². The number of carbonyl (C=O) groups is 2. The molecule has 2 aliphatic carbocycles. The molecule has 30 heavy (non-hydrogen) atoms. The van der Waals surface area contributed by atoms with Crippen LogP contribution in [-0.4, -0.2) is 47.6 Å². The molecule has 0 radical (unpaired) electrons. The third-order valence-corrected chi connectivity index (χ3v) is 7.95. The average molecular weight is 421 g/mol. The number of hydrogen-bond acceptors (Lipinski definition) is 6. The first-order valence-electron chi connectivity index (χ1n) is 11.1. The molecule has 2 N–H and O–H groups in total. The van der Waals surface area contributed by atoms with E-state index in [1.54, 1.807) is 13.8 Å². The van der Waals surface area contributed by atoms with Crippen molar-refractivity contribution in [3.05, 3.63) is 23.8 Å². The molecule has 168 valence electrons. The van der Waals surface area contributed by atoms with E-state index in [-0.39, 0.29) is 42.4 Å². The Balaban J connectivity index is 1.84. The van der Waals surface area contributed by atoms with Gasteiger partial charge in [0.05, 0.1) is 24.2 Å². The quantitative estimate of drug-likeness (QED) is 0.403. The highest BCUT2D eigenvalue weighted by Crippen LogP contribution is 2.61. The number of aliphatic hydroxyl groups is 2. The molecule has 6 nitrogen and oxygen atoms in total. The molecule has 2 saturated carbocycles. The second-order valence-corrected chi connectivity index (χ2v) is 10.1. The zero-order valence-electron chi connectivity index (χ0n) is 18.6. The van der Waals surface area contributed by atoms with Gasteiger partial charge in [0.1, 0.15) is 6.61 Å². The molecule has 1 heterocycles. The summed E-state index contributed by atoms with van der Waals surface area (Å²) in [6.45, 7) is 12.1. The smallest absolute Gasteiger partial charge is 0.337 e. The third-order valence-electron chi connectivity index (χ3n) is 7.95. The first-order valence-corrected chi connectivity index (χ1v) is 11.1. The van der Waals surface area contributed by atoms with E-state index >= 15 is 0 Å². The molecular weight excluding hydrogens is 384 g/mol. The van der Waals surface area contributed by atoms with Crippen molar-refractivity contribution in [2.24, 2.45) is 28.6 Å². The van der Waals surface area contributed by atoms with Gasteiger partial charge in [-0.2, -0.15) is 0 Å². The SMILES string of the molecule is C=C1CCC2[C@](C)(CO)[C@H](O)CC[C@@]2(C)[C@@H]1C/C=C1\C(=O)OCC1OC(=O)C(C)C. The Morgan fingerprint density at radius 1 is 1.37 bits per heavy atom. The summed E-state index contributed by atoms with van der Waals surface area (Å²) in [4.78, 5) is 24.3. The Labute approximate surface area is 179 Å². The molecule has 0 aromatic rings. The van der Waals surface area contributed by atoms with Gasteiger partial charge >= 0.3 is 11.9 Å². The third kappa shape index (κ3) is 3.84. The summed E-state index contributed by atoms with van der Waals surface area (Å²) in [5, 5.41) is 20.8. The lowest BCUT2D eigenvalue weighted by molar-refractivity contribution is -0.152. The number of aliphatic hydroxyl groups excluding tert-OH is 2. The van der Waals surface area contributed by atoms with Crippen LogP contribution in [0.25, 0.3) is 0 Å². The van der Waals surface area contributed by atoms with Crippen LogP contribution in [0.5, 0.6) is 0 Å². The molecule has 0 aromatic carbocycles. The van der Waals surface area contributed by atoms with Gasteiger partial charge in [-0.25, -0.2) is 4.79 Å². The van der Waals surface area contributed by atoms with E-state index in [0.717, 1.165) is 24.8 Å². The van der Waals surface area contributed by atoms with Crippen LogP contribution in [0.3, 0.4) is 0 Å². The van der Waals surface area contributed by atoms with E-state index in [0.29, 0.717) is 18.4 Å². The summed E-state index contributed by atoms with van der Waals surface area (Å²) in [5.41, 5.74) is 0.879. The van der Waals surface area contributed by atoms with Crippen LogP contribution in [0.15, 0.2) is 23.8 Å². The molecule has 0 aromatic heterocycles. The van der Waals surface area contributed by atoms with Crippen LogP contribution in [0.2, 0.25) is 0 Å². The summed E-state index contributed by atoms with van der Waals surface area (Å²) in [7, 11) is 0. The van der Waals surface area contributed by atoms with Crippen molar-refractivity contribution in [3.63, 3.8) is 0 Å². The van der Waals surface area contributed by atoms with Gasteiger partial charge in [-0.05, 0) is 49.4 Å². The largest absolute Gasteiger partial charge is 0.458 e. The van der Waals surface area contributed by atoms with Crippen LogP contribution < -0.4 is 0 Å². The zero-order valence-corrected chi connectivity index (χ0v) is 18.6. The highest BCUT2D eigenvalue weighted by molar-refractivity contribution is 5.92. The fourth-order valence-electron chi connectivity index (χ4n) is 5.92. The van der Waals surface area contributed by atoms with E-state index < -0.39 is 23.6 Å². The van der Waals surface area contributed by atoms with Crippen molar-refractivity contribution < 1.29 is 29.3 Å². The molecule has 3 rings (SSSR count). The minimum atomic E-state index is -0.663. The zero-order chi connectivity index (χ0) is 22.3. The maximum absolute atomic E-state index is 12.3. The van der Waals surface area contributed by atoms with Crippen molar-refractivity contribution in [1.29, 1.82) is 0 Å². The highest BCUT2D eigenvalue weighted by atomic mass is 16.6. The summed E-state index contributed by atoms with van der Waals surface area (Å²) >= 11 is 0. The van der Waals surface area contributed by atoms with Crippen LogP contribution in [-0.2, 0) is 19.1 Å². The number of allylic oxidation sites excluding steroid dienone is 2. The lowest BCUT2D eigenvalue weighted by atomic mass is 9.46. The van der Waals surface area contributed by atoms with Crippen LogP contribution in [0, 0.1) is 28.6 Å². The summed E-state index contributed by atoms with van der Waals surface area (Å²) in [5.74, 6) is -0.767. The first kappa shape index (κ1) is 23.0. The maximum Gasteiger partial charge on any atom is 0.337 e. The molecule has 0 amide bonds. The summed E-state index contributed by atoms with van der Waals surface area (Å²) in [6, 6.07) is 0. The minimum Gasteiger partial charge on any atom is -0.458 e. The number of hydrogen-bond donors (Lipinski definition) is 2. The number of ether oxygens (including phenoxy) is 2. The average Bonchev–Trinajstić information content (AvgIpc) is 3.04. The van der Waals surface area contributed by atoms with Gasteiger partial charge in [-0.15, -0.1) is 0 Å². The summed E-state index contributed by atoms with van der Waals surface area (Å²) in [6.07, 6.45) is 4.50. The first-order chi connectivity index (χ1) is 14.0. The molecule has 1 saturated heterocycles. The molecule has 0 bridgehead atoms. The second kappa shape index (κ2) is 8.46. The molecule has 6 heteroatoms. The standard InChI is InChI=1S/C24H36O6/c1-14(2)21(27)30-18-12-29-22(28)16(18)7-8-17-15(3)6-9-19-23(17,4)11-10-20(26)24(19,5)13-25/h7,14,17-20,25-26H,3,6,8-13H2,1-2,4-5H3/b16-7-/t17-,18?,19?,20-,23+,24+/m1/s1. The van der Waals surface area contributed by atoms with E-state index in [1.807, 2.05) is 13.0 Å². The lowest BCUT2D eigenvalue weighted by Gasteiger charge is -2.59. The predicted molar refractivity (Wildman–Crippen MR) is 112 cm³/mol. The van der Waals surface area contributed by atoms with Crippen LogP contribution >= 0.6 is 0 Å². The van der Waals surface area contributed by atoms with Crippen molar-refractivity contribution >= 4 is 11.9 Å². The fraction of sp³-hybridized carbons (Fsp3) is 0.750. The Bertz CT molecular complexity index is 740. The van der Waals surface area contributed by atoms with Crippen molar-refractivity contribution in [3.8, 4) is 0 Å². The minimum absolute atomic E-state index is 0.0474. The number of rotatable bonds is 5. The van der Waals surface area contributed by atoms with Gasteiger partial charge in [-0.3, -0.25) is 4.79 Å². The van der Waals surface area contributed by atoms with Gasteiger partial charge in [0.2, 0.25) is 0 Å². The molecule has 1 aliphatic heterocycles. The van der Waals surface area contributed by atoms with Gasteiger partial charge in [0, 0.05) is 5.41 Å². The van der Waals surface area contributed by atoms with E-state index in [1.165, 1.54) is 0 Å². The van der Waals surface area contributed by atoms with Crippen molar-refractivity contribution in [1.82, 2.24) is 0 Å². The Kier molecular flexibility index (Phi) is 6.49. The van der Waals surface area contributed by atoms with Gasteiger partial charge in [0.15, 0.2) is 6.10 Å². The van der Waals surface area contributed by atoms with Crippen molar-refractivity contribution in [2.45, 2.75) is 72.0 Å². The molecule has 6 atom stereocenters. The number of carbonyl (C=O) groups excluding carboxylic acids is 2. The highest BCUT2D eigenvalue weighted by Gasteiger charge is 2.57. The van der Waals surface area contributed by atoms with Crippen LogP contribution in [0.4, 0.5) is 0 Å². The lowest BCUT2D eigenvalue weighted by Crippen LogP contribution is -2.57. The Hall–Kier alpha value is -1.66. The molecule has 2 unspecified atom stereocenters. The fourth-order valence-corrected chi connectivity index (χ4v) is 5.92. The molecule has 3 fully saturated rings. The van der Waals surface area contributed by atoms with Crippen LogP contribution in [0.1, 0.15) is 59.8 Å². The number of cyclic esters (lactones) is 1. The summed E-state index contributed by atoms with van der Waals surface area (Å²) < 4.78 is 10.6. The van der Waals surface area contributed by atoms with Gasteiger partial charge in [0.25, 0.3) is 0 Å². The topological polar surface area (TPSA) is 93.1 Å². The monoisotopic (exact) mass is 420 g/mol. The molecular formula is C24H36O6. The van der Waals surface area contributed by atoms with Gasteiger partial charge < -0.3 is 19.7 Å². The second-order valence-electron chi connectivity index (χ2n) is 10.1. The van der Waals surface area contributed by atoms with Gasteiger partial charge in [-0.1, -0.05) is 45.9 Å². The number of fused-ring (bicyclic) bond motifs is 1. The van der Waals surface area contributed by atoms with E-state index in [4.69, 9.17) is 9.47 Å².